The topological polar surface area (TPSA) is 75.9 Å². The van der Waals surface area contributed by atoms with Gasteiger partial charge in [0, 0.05) is 18.7 Å². The van der Waals surface area contributed by atoms with Crippen LogP contribution in [0.15, 0.2) is 30.3 Å². The highest BCUT2D eigenvalue weighted by Crippen LogP contribution is 2.20. The third-order valence-electron chi connectivity index (χ3n) is 4.53. The molecule has 1 aliphatic heterocycles. The normalized spacial score (nSPS) is 15.0. The Bertz CT molecular complexity index is 654. The van der Waals surface area contributed by atoms with Gasteiger partial charge in [-0.1, -0.05) is 30.3 Å². The van der Waals surface area contributed by atoms with Crippen LogP contribution in [0.1, 0.15) is 19.3 Å². The van der Waals surface area contributed by atoms with Crippen molar-refractivity contribution >= 4 is 18.3 Å². The lowest BCUT2D eigenvalue weighted by Crippen LogP contribution is -2.40. The second-order valence-electron chi connectivity index (χ2n) is 6.23. The second-order valence-corrected chi connectivity index (χ2v) is 6.23. The predicted octanol–water partition coefficient (Wildman–Crippen LogP) is 1.61. The number of hydrogen-bond acceptors (Lipinski definition) is 5. The molecule has 0 saturated carbocycles. The first-order valence-electron chi connectivity index (χ1n) is 8.52. The Labute approximate surface area is 154 Å². The summed E-state index contributed by atoms with van der Waals surface area (Å²) in [5, 5.41) is 15.5. The Morgan fingerprint density at radius 2 is 1.96 bits per heavy atom. The van der Waals surface area contributed by atoms with Gasteiger partial charge in [-0.25, -0.2) is 0 Å². The van der Waals surface area contributed by atoms with E-state index in [1.165, 1.54) is 11.2 Å². The maximum Gasteiger partial charge on any atom is 0.246 e. The van der Waals surface area contributed by atoms with E-state index in [1.54, 1.807) is 0 Å². The number of carbonyl (C=O) groups excluding carboxylic acids is 1. The Morgan fingerprint density at radius 3 is 2.64 bits per heavy atom. The monoisotopic (exact) mass is 364 g/mol. The SMILES string of the molecule is CNCCC1CCN(C(=O)Cn2nnc(-c3ccccc3)n2)CC1.Cl. The highest BCUT2D eigenvalue weighted by atomic mass is 35.5. The molecule has 1 amide bonds. The third kappa shape index (κ3) is 5.24. The van der Waals surface area contributed by atoms with Crippen LogP contribution in [0, 0.1) is 5.92 Å². The molecule has 3 rings (SSSR count). The zero-order chi connectivity index (χ0) is 16.8. The molecule has 0 bridgehead atoms. The molecule has 8 heteroatoms. The van der Waals surface area contributed by atoms with Gasteiger partial charge in [0.2, 0.25) is 11.7 Å². The summed E-state index contributed by atoms with van der Waals surface area (Å²) in [7, 11) is 1.98. The molecule has 1 saturated heterocycles. The molecule has 2 aromatic rings. The van der Waals surface area contributed by atoms with Crippen molar-refractivity contribution < 1.29 is 4.79 Å². The maximum absolute atomic E-state index is 12.4. The molecule has 136 valence electrons. The molecule has 0 radical (unpaired) electrons. The van der Waals surface area contributed by atoms with Crippen LogP contribution in [0.2, 0.25) is 0 Å². The van der Waals surface area contributed by atoms with E-state index in [1.807, 2.05) is 42.3 Å². The molecule has 0 aliphatic carbocycles. The van der Waals surface area contributed by atoms with Crippen molar-refractivity contribution in [3.05, 3.63) is 30.3 Å². The standard InChI is InChI=1S/C17H24N6O.ClH/c1-18-10-7-14-8-11-22(12-9-14)16(24)13-23-20-17(19-21-23)15-5-3-2-4-6-15;/h2-6,14,18H,7-13H2,1H3;1H. The summed E-state index contributed by atoms with van der Waals surface area (Å²) in [4.78, 5) is 15.7. The van der Waals surface area contributed by atoms with E-state index in [2.05, 4.69) is 20.7 Å². The fourth-order valence-electron chi connectivity index (χ4n) is 3.05. The molecule has 1 fully saturated rings. The van der Waals surface area contributed by atoms with Crippen LogP contribution >= 0.6 is 12.4 Å². The van der Waals surface area contributed by atoms with Crippen LogP contribution in [0.5, 0.6) is 0 Å². The number of aromatic nitrogens is 4. The first-order chi connectivity index (χ1) is 11.8. The van der Waals surface area contributed by atoms with Gasteiger partial charge in [-0.15, -0.1) is 22.6 Å². The van der Waals surface area contributed by atoms with Gasteiger partial charge in [0.1, 0.15) is 6.54 Å². The molecule has 1 aromatic heterocycles. The van der Waals surface area contributed by atoms with Crippen LogP contribution in [0.25, 0.3) is 11.4 Å². The van der Waals surface area contributed by atoms with E-state index in [-0.39, 0.29) is 24.9 Å². The zero-order valence-corrected chi connectivity index (χ0v) is 15.3. The molecule has 7 nitrogen and oxygen atoms in total. The summed E-state index contributed by atoms with van der Waals surface area (Å²) in [5.41, 5.74) is 0.904. The molecule has 1 aliphatic rings. The summed E-state index contributed by atoms with van der Waals surface area (Å²) in [6.07, 6.45) is 3.34. The highest BCUT2D eigenvalue weighted by Gasteiger charge is 2.23. The second kappa shape index (κ2) is 9.48. The van der Waals surface area contributed by atoms with Crippen LogP contribution in [0.4, 0.5) is 0 Å². The number of rotatable bonds is 6. The lowest BCUT2D eigenvalue weighted by Gasteiger charge is -2.31. The minimum absolute atomic E-state index is 0. The Morgan fingerprint density at radius 1 is 1.24 bits per heavy atom. The summed E-state index contributed by atoms with van der Waals surface area (Å²) >= 11 is 0. The van der Waals surface area contributed by atoms with Gasteiger partial charge in [-0.05, 0) is 44.0 Å². The summed E-state index contributed by atoms with van der Waals surface area (Å²) in [6, 6.07) is 9.66. The lowest BCUT2D eigenvalue weighted by atomic mass is 9.93. The number of nitrogens with zero attached hydrogens (tertiary/aromatic N) is 5. The molecule has 1 aromatic carbocycles. The largest absolute Gasteiger partial charge is 0.341 e. The minimum atomic E-state index is 0. The van der Waals surface area contributed by atoms with E-state index in [9.17, 15) is 4.79 Å². The highest BCUT2D eigenvalue weighted by molar-refractivity contribution is 5.85. The van der Waals surface area contributed by atoms with E-state index in [4.69, 9.17) is 0 Å². The van der Waals surface area contributed by atoms with Crippen molar-refractivity contribution in [2.45, 2.75) is 25.8 Å². The van der Waals surface area contributed by atoms with Gasteiger partial charge in [0.25, 0.3) is 0 Å². The number of benzene rings is 1. The van der Waals surface area contributed by atoms with Crippen LogP contribution < -0.4 is 5.32 Å². The predicted molar refractivity (Wildman–Crippen MR) is 98.3 cm³/mol. The molecule has 1 N–H and O–H groups in total. The van der Waals surface area contributed by atoms with Crippen molar-refractivity contribution in [2.24, 2.45) is 5.92 Å². The molecule has 0 atom stereocenters. The number of likely N-dealkylation sites (tertiary alicyclic amines) is 1. The molecule has 0 spiro atoms. The number of piperidine rings is 1. The minimum Gasteiger partial charge on any atom is -0.341 e. The van der Waals surface area contributed by atoms with Crippen molar-refractivity contribution in [1.82, 2.24) is 30.4 Å². The Balaban J connectivity index is 0.00000225. The molecule has 0 unspecified atom stereocenters. The van der Waals surface area contributed by atoms with Gasteiger partial charge < -0.3 is 10.2 Å². The van der Waals surface area contributed by atoms with E-state index in [0.717, 1.165) is 44.0 Å². The van der Waals surface area contributed by atoms with E-state index < -0.39 is 0 Å². The Hall–Kier alpha value is -1.99. The van der Waals surface area contributed by atoms with Crippen molar-refractivity contribution in [2.75, 3.05) is 26.7 Å². The van der Waals surface area contributed by atoms with Gasteiger partial charge in [-0.2, -0.15) is 4.80 Å². The maximum atomic E-state index is 12.4. The summed E-state index contributed by atoms with van der Waals surface area (Å²) < 4.78 is 0. The quantitative estimate of drug-likeness (QED) is 0.842. The number of halogens is 1. The van der Waals surface area contributed by atoms with Crippen LogP contribution in [0.3, 0.4) is 0 Å². The zero-order valence-electron chi connectivity index (χ0n) is 14.5. The number of amides is 1. The van der Waals surface area contributed by atoms with Gasteiger partial charge in [0.15, 0.2) is 0 Å². The van der Waals surface area contributed by atoms with Gasteiger partial charge in [0.05, 0.1) is 0 Å². The summed E-state index contributed by atoms with van der Waals surface area (Å²) in [6.45, 7) is 2.85. The van der Waals surface area contributed by atoms with Crippen molar-refractivity contribution in [3.63, 3.8) is 0 Å². The molecular weight excluding hydrogens is 340 g/mol. The third-order valence-corrected chi connectivity index (χ3v) is 4.53. The number of hydrogen-bond donors (Lipinski definition) is 1. The first-order valence-corrected chi connectivity index (χ1v) is 8.52. The average Bonchev–Trinajstić information content (AvgIpc) is 3.09. The molecule has 25 heavy (non-hydrogen) atoms. The fourth-order valence-corrected chi connectivity index (χ4v) is 3.05. The Kier molecular flexibility index (Phi) is 7.33. The van der Waals surface area contributed by atoms with E-state index >= 15 is 0 Å². The smallest absolute Gasteiger partial charge is 0.246 e. The van der Waals surface area contributed by atoms with Crippen LogP contribution in [-0.4, -0.2) is 57.7 Å². The molecule has 2 heterocycles. The van der Waals surface area contributed by atoms with Crippen molar-refractivity contribution in [3.8, 4) is 11.4 Å². The lowest BCUT2D eigenvalue weighted by molar-refractivity contribution is -0.133. The van der Waals surface area contributed by atoms with Gasteiger partial charge >= 0.3 is 0 Å². The summed E-state index contributed by atoms with van der Waals surface area (Å²) in [5.74, 6) is 1.34. The number of carbonyl (C=O) groups is 1. The number of nitrogens with one attached hydrogen (secondary N) is 1. The molecular formula is C17H25ClN6O. The average molecular weight is 365 g/mol. The van der Waals surface area contributed by atoms with Gasteiger partial charge in [-0.3, -0.25) is 4.79 Å². The fraction of sp³-hybridized carbons (Fsp3) is 0.529. The van der Waals surface area contributed by atoms with E-state index in [0.29, 0.717) is 5.82 Å². The first kappa shape index (κ1) is 19.3. The van der Waals surface area contributed by atoms with Crippen molar-refractivity contribution in [1.29, 1.82) is 0 Å². The van der Waals surface area contributed by atoms with Crippen LogP contribution in [-0.2, 0) is 11.3 Å². The number of tetrazole rings is 1.